The predicted molar refractivity (Wildman–Crippen MR) is 136 cm³/mol. The first-order valence-electron chi connectivity index (χ1n) is 12.4. The van der Waals surface area contributed by atoms with Crippen LogP contribution in [0.5, 0.6) is 0 Å². The van der Waals surface area contributed by atoms with E-state index in [1.165, 1.54) is 12.1 Å². The third-order valence-electron chi connectivity index (χ3n) is 7.01. The standard InChI is InChI=1S/C26H31ClF4N4O2/c27-19-4-6-23(24(15-19)34-12-10-33(11-13-34)9-7-26(29,30)31)32-25(37)21-5-3-18(14-22(21)28)16-35-8-1-2-20(35)17-36/h3-6,14-15,20,36H,1-2,7-13,16-17H2,(H,32,37)/t20-/m0/s1. The molecule has 0 saturated carbocycles. The van der Waals surface area contributed by atoms with Crippen molar-refractivity contribution in [1.29, 1.82) is 0 Å². The minimum atomic E-state index is -4.19. The summed E-state index contributed by atoms with van der Waals surface area (Å²) in [6.07, 6.45) is -3.15. The van der Waals surface area contributed by atoms with Gasteiger partial charge in [0.2, 0.25) is 0 Å². The van der Waals surface area contributed by atoms with E-state index in [4.69, 9.17) is 11.6 Å². The summed E-state index contributed by atoms with van der Waals surface area (Å²) < 4.78 is 52.6. The van der Waals surface area contributed by atoms with Crippen LogP contribution in [0, 0.1) is 5.82 Å². The van der Waals surface area contributed by atoms with Crippen molar-refractivity contribution in [1.82, 2.24) is 9.80 Å². The van der Waals surface area contributed by atoms with Crippen LogP contribution in [0.3, 0.4) is 0 Å². The molecule has 2 saturated heterocycles. The number of aliphatic hydroxyl groups is 1. The molecule has 0 unspecified atom stereocenters. The number of likely N-dealkylation sites (tertiary alicyclic amines) is 1. The van der Waals surface area contributed by atoms with Gasteiger partial charge in [-0.1, -0.05) is 17.7 Å². The molecule has 0 radical (unpaired) electrons. The number of nitrogens with zero attached hydrogens (tertiary/aromatic N) is 3. The van der Waals surface area contributed by atoms with Crippen molar-refractivity contribution in [3.05, 3.63) is 58.4 Å². The zero-order valence-corrected chi connectivity index (χ0v) is 21.2. The van der Waals surface area contributed by atoms with E-state index in [1.807, 2.05) is 4.90 Å². The first kappa shape index (κ1) is 27.6. The van der Waals surface area contributed by atoms with Crippen LogP contribution in [-0.2, 0) is 6.54 Å². The highest BCUT2D eigenvalue weighted by atomic mass is 35.5. The van der Waals surface area contributed by atoms with Crippen molar-refractivity contribution in [2.45, 2.75) is 38.0 Å². The number of benzene rings is 2. The number of halogens is 5. The highest BCUT2D eigenvalue weighted by molar-refractivity contribution is 6.31. The van der Waals surface area contributed by atoms with Gasteiger partial charge < -0.3 is 15.3 Å². The monoisotopic (exact) mass is 542 g/mol. The summed E-state index contributed by atoms with van der Waals surface area (Å²) in [5.41, 5.74) is 1.72. The maximum Gasteiger partial charge on any atom is 0.390 e. The van der Waals surface area contributed by atoms with E-state index in [0.717, 1.165) is 24.9 Å². The maximum atomic E-state index is 14.9. The molecule has 2 aromatic carbocycles. The zero-order valence-electron chi connectivity index (χ0n) is 20.4. The molecule has 0 aliphatic carbocycles. The molecular weight excluding hydrogens is 512 g/mol. The Morgan fingerprint density at radius 1 is 1.08 bits per heavy atom. The van der Waals surface area contributed by atoms with Gasteiger partial charge in [-0.3, -0.25) is 14.6 Å². The lowest BCUT2D eigenvalue weighted by Gasteiger charge is -2.37. The van der Waals surface area contributed by atoms with Gasteiger partial charge in [0.1, 0.15) is 5.82 Å². The largest absolute Gasteiger partial charge is 0.395 e. The average molecular weight is 543 g/mol. The molecule has 37 heavy (non-hydrogen) atoms. The number of amides is 1. The Labute approximate surface area is 218 Å². The summed E-state index contributed by atoms with van der Waals surface area (Å²) >= 11 is 6.20. The molecule has 11 heteroatoms. The molecule has 4 rings (SSSR count). The average Bonchev–Trinajstić information content (AvgIpc) is 3.31. The summed E-state index contributed by atoms with van der Waals surface area (Å²) in [5, 5.41) is 12.7. The first-order valence-corrected chi connectivity index (χ1v) is 12.8. The molecule has 2 N–H and O–H groups in total. The highest BCUT2D eigenvalue weighted by Crippen LogP contribution is 2.31. The highest BCUT2D eigenvalue weighted by Gasteiger charge is 2.29. The maximum absolute atomic E-state index is 14.9. The van der Waals surface area contributed by atoms with Crippen molar-refractivity contribution >= 4 is 28.9 Å². The van der Waals surface area contributed by atoms with Gasteiger partial charge in [0.05, 0.1) is 30.0 Å². The number of aliphatic hydroxyl groups excluding tert-OH is 1. The van der Waals surface area contributed by atoms with E-state index < -0.39 is 24.3 Å². The Bertz CT molecular complexity index is 1090. The Balaban J connectivity index is 1.41. The lowest BCUT2D eigenvalue weighted by Crippen LogP contribution is -2.47. The Morgan fingerprint density at radius 2 is 1.84 bits per heavy atom. The fourth-order valence-electron chi connectivity index (χ4n) is 4.94. The summed E-state index contributed by atoms with van der Waals surface area (Å²) in [6.45, 7) is 3.18. The summed E-state index contributed by atoms with van der Waals surface area (Å²) in [7, 11) is 0. The molecule has 2 aliphatic rings. The van der Waals surface area contributed by atoms with Crippen molar-refractivity contribution in [2.75, 3.05) is 56.1 Å². The van der Waals surface area contributed by atoms with Crippen LogP contribution in [0.25, 0.3) is 0 Å². The van der Waals surface area contributed by atoms with Crippen molar-refractivity contribution in [3.8, 4) is 0 Å². The van der Waals surface area contributed by atoms with Gasteiger partial charge >= 0.3 is 6.18 Å². The van der Waals surface area contributed by atoms with Gasteiger partial charge in [0.15, 0.2) is 0 Å². The minimum absolute atomic E-state index is 0.0514. The first-order chi connectivity index (χ1) is 17.6. The molecule has 0 aromatic heterocycles. The number of alkyl halides is 3. The molecule has 2 heterocycles. The van der Waals surface area contributed by atoms with Crippen molar-refractivity contribution in [3.63, 3.8) is 0 Å². The number of piperazine rings is 1. The second kappa shape index (κ2) is 12.0. The number of carbonyl (C=O) groups excluding carboxylic acids is 1. The zero-order chi connectivity index (χ0) is 26.6. The van der Waals surface area contributed by atoms with Crippen LogP contribution in [0.4, 0.5) is 28.9 Å². The van der Waals surface area contributed by atoms with Crippen molar-refractivity contribution < 1.29 is 27.5 Å². The third-order valence-corrected chi connectivity index (χ3v) is 7.24. The smallest absolute Gasteiger partial charge is 0.390 e. The van der Waals surface area contributed by atoms with Gasteiger partial charge in [0.25, 0.3) is 5.91 Å². The Morgan fingerprint density at radius 3 is 2.51 bits per heavy atom. The van der Waals surface area contributed by atoms with Gasteiger partial charge in [-0.15, -0.1) is 0 Å². The number of anilines is 2. The van der Waals surface area contributed by atoms with Gasteiger partial charge in [0, 0.05) is 50.3 Å². The van der Waals surface area contributed by atoms with Crippen LogP contribution in [0.15, 0.2) is 36.4 Å². The number of carbonyl (C=O) groups is 1. The van der Waals surface area contributed by atoms with E-state index in [0.29, 0.717) is 49.1 Å². The van der Waals surface area contributed by atoms with Gasteiger partial charge in [-0.2, -0.15) is 13.2 Å². The molecule has 6 nitrogen and oxygen atoms in total. The minimum Gasteiger partial charge on any atom is -0.395 e. The fraction of sp³-hybridized carbons (Fsp3) is 0.500. The molecule has 2 aromatic rings. The second-order valence-corrected chi connectivity index (χ2v) is 10.0. The third kappa shape index (κ3) is 7.34. The van der Waals surface area contributed by atoms with E-state index in [1.54, 1.807) is 29.2 Å². The van der Waals surface area contributed by atoms with Gasteiger partial charge in [-0.05, 0) is 55.3 Å². The SMILES string of the molecule is O=C(Nc1ccc(Cl)cc1N1CCN(CCC(F)(F)F)CC1)c1ccc(CN2CCC[C@H]2CO)cc1F. The molecule has 0 spiro atoms. The second-order valence-electron chi connectivity index (χ2n) is 9.57. The lowest BCUT2D eigenvalue weighted by atomic mass is 10.1. The van der Waals surface area contributed by atoms with Crippen LogP contribution >= 0.6 is 11.6 Å². The van der Waals surface area contributed by atoms with Crippen LogP contribution in [0.1, 0.15) is 35.2 Å². The summed E-state index contributed by atoms with van der Waals surface area (Å²) in [6, 6.07) is 9.54. The number of hydrogen-bond donors (Lipinski definition) is 2. The van der Waals surface area contributed by atoms with Crippen LogP contribution in [-0.4, -0.2) is 78.9 Å². The van der Waals surface area contributed by atoms with E-state index in [2.05, 4.69) is 10.2 Å². The van der Waals surface area contributed by atoms with Crippen LogP contribution < -0.4 is 10.2 Å². The fourth-order valence-corrected chi connectivity index (χ4v) is 5.11. The van der Waals surface area contributed by atoms with Gasteiger partial charge in [-0.25, -0.2) is 4.39 Å². The number of rotatable bonds is 8. The molecule has 1 amide bonds. The molecule has 0 bridgehead atoms. The predicted octanol–water partition coefficient (Wildman–Crippen LogP) is 4.76. The molecule has 202 valence electrons. The topological polar surface area (TPSA) is 59.1 Å². The molecule has 2 aliphatic heterocycles. The van der Waals surface area contributed by atoms with Crippen LogP contribution in [0.2, 0.25) is 5.02 Å². The summed E-state index contributed by atoms with van der Waals surface area (Å²) in [5.74, 6) is -1.24. The quantitative estimate of drug-likeness (QED) is 0.471. The Kier molecular flexibility index (Phi) is 8.94. The molecular formula is C26H31ClF4N4O2. The van der Waals surface area contributed by atoms with Crippen molar-refractivity contribution in [2.24, 2.45) is 0 Å². The number of hydrogen-bond acceptors (Lipinski definition) is 5. The van der Waals surface area contributed by atoms with E-state index in [9.17, 15) is 27.5 Å². The number of nitrogens with one attached hydrogen (secondary N) is 1. The van der Waals surface area contributed by atoms with E-state index >= 15 is 0 Å². The van der Waals surface area contributed by atoms with E-state index in [-0.39, 0.29) is 24.8 Å². The molecule has 2 fully saturated rings. The lowest BCUT2D eigenvalue weighted by molar-refractivity contribution is -0.138. The molecule has 1 atom stereocenters. The summed E-state index contributed by atoms with van der Waals surface area (Å²) in [4.78, 5) is 18.8. The Hall–Kier alpha value is -2.40. The normalized spacial score (nSPS) is 19.4.